The molecule has 4 aliphatic heterocycles. The van der Waals surface area contributed by atoms with Gasteiger partial charge in [0.2, 0.25) is 53.0 Å². The second kappa shape index (κ2) is 27.3. The zero-order valence-electron chi connectivity index (χ0n) is 65.0. The maximum atomic E-state index is 14.5. The molecule has 6 aliphatic carbocycles. The van der Waals surface area contributed by atoms with Crippen LogP contribution in [-0.2, 0) is 52.7 Å². The number of rotatable bonds is 22. The van der Waals surface area contributed by atoms with Gasteiger partial charge in [-0.25, -0.2) is 9.59 Å². The molecular weight excluding hydrogens is 1300 g/mol. The third-order valence-electron chi connectivity index (χ3n) is 24.6. The molecule has 0 aromatic carbocycles. The minimum absolute atomic E-state index is 0.00349. The van der Waals surface area contributed by atoms with Gasteiger partial charge in [0.15, 0.2) is 6.10 Å². The van der Waals surface area contributed by atoms with Gasteiger partial charge in [0.25, 0.3) is 11.8 Å². The van der Waals surface area contributed by atoms with Gasteiger partial charge in [0.1, 0.15) is 29.7 Å². The van der Waals surface area contributed by atoms with Crippen molar-refractivity contribution in [2.45, 2.75) is 295 Å². The number of hydrogen-bond donors (Lipinski definition) is 9. The summed E-state index contributed by atoms with van der Waals surface area (Å²) in [5.74, 6) is -4.87. The van der Waals surface area contributed by atoms with E-state index in [0.717, 1.165) is 25.7 Å². The van der Waals surface area contributed by atoms with Crippen LogP contribution in [0.25, 0.3) is 0 Å². The molecule has 10 fully saturated rings. The highest BCUT2D eigenvalue weighted by atomic mass is 16.3. The fourth-order valence-electron chi connectivity index (χ4n) is 16.9. The van der Waals surface area contributed by atoms with Crippen LogP contribution in [0.2, 0.25) is 0 Å². The van der Waals surface area contributed by atoms with Crippen molar-refractivity contribution < 1.29 is 67.4 Å². The van der Waals surface area contributed by atoms with E-state index in [2.05, 4.69) is 70.2 Å². The summed E-state index contributed by atoms with van der Waals surface area (Å²) in [6.07, 6.45) is 5.09. The molecule has 570 valence electrons. The van der Waals surface area contributed by atoms with Crippen LogP contribution < -0.4 is 42.5 Å². The first kappa shape index (κ1) is 79.4. The number of nitrogens with one attached hydrogen (secondary N) is 8. The maximum Gasteiger partial charge on any atom is 0.315 e. The number of carbonyl (C=O) groups excluding carboxylic acids is 13. The van der Waals surface area contributed by atoms with Gasteiger partial charge in [-0.05, 0) is 117 Å². The molecule has 102 heavy (non-hydrogen) atoms. The van der Waals surface area contributed by atoms with Crippen LogP contribution in [0.1, 0.15) is 229 Å². The average molecular weight is 1430 g/mol. The van der Waals surface area contributed by atoms with Crippen molar-refractivity contribution in [2.75, 3.05) is 26.2 Å². The molecule has 4 heterocycles. The minimum atomic E-state index is -1.40. The molecule has 10 aliphatic rings. The summed E-state index contributed by atoms with van der Waals surface area (Å²) in [6.45, 7) is 42.9. The van der Waals surface area contributed by atoms with Crippen LogP contribution in [0.4, 0.5) is 9.59 Å². The van der Waals surface area contributed by atoms with Crippen LogP contribution in [0.15, 0.2) is 0 Å². The number of Topliss-reactive ketones (excluding diaryl/α,β-unsaturated/α-hetero) is 1. The van der Waals surface area contributed by atoms with Gasteiger partial charge in [0.05, 0.1) is 17.6 Å². The van der Waals surface area contributed by atoms with Gasteiger partial charge in [0, 0.05) is 63.9 Å². The summed E-state index contributed by atoms with van der Waals surface area (Å²) in [5.41, 5.74) is -6.19. The van der Waals surface area contributed by atoms with Gasteiger partial charge >= 0.3 is 12.1 Å². The number of ketones is 1. The monoisotopic (exact) mass is 1430 g/mol. The molecule has 9 N–H and O–H groups in total. The van der Waals surface area contributed by atoms with Gasteiger partial charge in [-0.1, -0.05) is 165 Å². The van der Waals surface area contributed by atoms with E-state index >= 15 is 0 Å². The third kappa shape index (κ3) is 16.5. The quantitative estimate of drug-likeness (QED) is 0.0471. The zero-order valence-corrected chi connectivity index (χ0v) is 65.0. The second-order valence-electron chi connectivity index (χ2n) is 39.2. The number of aliphatic hydroxyl groups is 1. The molecule has 26 heteroatoms. The number of carbonyl (C=O) groups is 13. The number of urea groups is 2. The second-order valence-corrected chi connectivity index (χ2v) is 39.2. The lowest BCUT2D eigenvalue weighted by Gasteiger charge is -2.41. The molecule has 0 aromatic heterocycles. The number of nitrogens with zero attached hydrogens (tertiary/aromatic N) is 4. The number of amides is 14. The average Bonchev–Trinajstić information content (AvgIpc) is 1.52. The Balaban J connectivity index is 0.000000237. The van der Waals surface area contributed by atoms with Crippen molar-refractivity contribution in [1.29, 1.82) is 0 Å². The number of fused-ring (bicyclic) bond motifs is 2. The van der Waals surface area contributed by atoms with E-state index in [0.29, 0.717) is 38.8 Å². The summed E-state index contributed by atoms with van der Waals surface area (Å²) in [4.78, 5) is 182. The van der Waals surface area contributed by atoms with Crippen molar-refractivity contribution in [2.24, 2.45) is 78.8 Å². The van der Waals surface area contributed by atoms with Gasteiger partial charge in [-0.2, -0.15) is 0 Å². The van der Waals surface area contributed by atoms with Gasteiger partial charge in [-0.3, -0.25) is 62.5 Å². The first-order chi connectivity index (χ1) is 46.7. The molecule has 5 unspecified atom stereocenters. The van der Waals surface area contributed by atoms with Crippen molar-refractivity contribution in [3.8, 4) is 0 Å². The normalized spacial score (nSPS) is 30.9. The lowest BCUT2D eigenvalue weighted by molar-refractivity contribution is -0.155. The lowest BCUT2D eigenvalue weighted by atomic mass is 9.80. The molecular formula is C76H122N12O14. The molecule has 0 radical (unpaired) electrons. The Morgan fingerprint density at radius 2 is 0.853 bits per heavy atom. The number of piperidine rings is 4. The fourth-order valence-corrected chi connectivity index (χ4v) is 16.9. The largest absolute Gasteiger partial charge is 0.381 e. The SMILES string of the molecule is CC[C@@H]1CC1(NC(=O)C1[C@@H]2[C@H](CN1C(=O)[C@@H](NC(=O)N[C@H](CN1C(=O)CC(C)(C)CC1=O)C(C)(C)C)C(C)(C)C)C2(C)C)C(=O)C(=O)NC1CC1.CC[C@@H]1CC1(NC(=O)C1[C@@H]2[C@H](CN1C(=O)[C@@H](NC(=O)N[C@H](CN1C(=O)CC(C)(C)CC1=O)C(C)(C)C)C(C)(C)C)C2(C)C)C(O)C(=O)NC1CC1. The number of imide groups is 2. The Morgan fingerprint density at radius 1 is 0.490 bits per heavy atom. The Morgan fingerprint density at radius 3 is 1.18 bits per heavy atom. The number of likely N-dealkylation sites (tertiary alicyclic amines) is 4. The minimum Gasteiger partial charge on any atom is -0.381 e. The molecule has 0 aromatic rings. The highest BCUT2D eigenvalue weighted by Gasteiger charge is 2.73. The van der Waals surface area contributed by atoms with E-state index in [4.69, 9.17) is 0 Å². The fraction of sp³-hybridized carbons (Fsp3) is 0.829. The van der Waals surface area contributed by atoms with Crippen LogP contribution in [0.5, 0.6) is 0 Å². The van der Waals surface area contributed by atoms with Gasteiger partial charge in [-0.15, -0.1) is 0 Å². The topological polar surface area (TPSA) is 351 Å². The van der Waals surface area contributed by atoms with Crippen LogP contribution in [0.3, 0.4) is 0 Å². The maximum absolute atomic E-state index is 14.5. The predicted octanol–water partition coefficient (Wildman–Crippen LogP) is 5.60. The first-order valence-electron chi connectivity index (χ1n) is 37.6. The molecule has 14 amide bonds. The Bertz CT molecular complexity index is 3360. The summed E-state index contributed by atoms with van der Waals surface area (Å²) in [7, 11) is 0. The predicted molar refractivity (Wildman–Crippen MR) is 380 cm³/mol. The summed E-state index contributed by atoms with van der Waals surface area (Å²) in [5, 5.41) is 34.6. The van der Waals surface area contributed by atoms with Crippen molar-refractivity contribution in [1.82, 2.24) is 62.1 Å². The number of aliphatic hydroxyl groups excluding tert-OH is 1. The molecule has 26 nitrogen and oxygen atoms in total. The molecule has 10 rings (SSSR count). The molecule has 0 spiro atoms. The summed E-state index contributed by atoms with van der Waals surface area (Å²) >= 11 is 0. The standard InChI is InChI=1S/C38H62N6O7.C38H60N6O7/c2*1-12-20-15-38(20,29(47)31(49)39-21-13-14-21)42-30(48)27-26-22(37(26,10)11)18-44(27)32(50)28(35(5,6)7)41-33(51)40-23(34(2,3)4)19-43-24(45)16-36(8,9)17-25(43)46/h20-23,26-29,47H,12-19H2,1-11H3,(H,39,49)(H,42,48)(H2,40,41,51);20-23,26-28H,12-19H2,1-11H3,(H,39,49)(H,42,48)(H2,40,41,51)/t20-,22+,23-,26+,27?,28-,29?,38?;20-,22+,23-,26+,27?,28-,38?/m11/s1. The molecule has 0 bridgehead atoms. The smallest absolute Gasteiger partial charge is 0.315 e. The summed E-state index contributed by atoms with van der Waals surface area (Å²) in [6, 6.07) is -6.13. The van der Waals surface area contributed by atoms with E-state index in [9.17, 15) is 67.4 Å². The molecule has 4 saturated heterocycles. The third-order valence-corrected chi connectivity index (χ3v) is 24.6. The number of hydrogen-bond acceptors (Lipinski definition) is 14. The first-order valence-corrected chi connectivity index (χ1v) is 37.6. The van der Waals surface area contributed by atoms with E-state index in [-0.39, 0.29) is 133 Å². The van der Waals surface area contributed by atoms with Crippen molar-refractivity contribution >= 4 is 76.9 Å². The lowest BCUT2D eigenvalue weighted by Crippen LogP contribution is -2.63. The molecule has 6 saturated carbocycles. The van der Waals surface area contributed by atoms with Crippen LogP contribution >= 0.6 is 0 Å². The Kier molecular flexibility index (Phi) is 21.3. The van der Waals surface area contributed by atoms with Gasteiger partial charge < -0.3 is 57.4 Å². The Labute approximate surface area is 603 Å². The zero-order chi connectivity index (χ0) is 76.4. The molecule has 15 atom stereocenters. The van der Waals surface area contributed by atoms with E-state index < -0.39 is 127 Å². The highest BCUT2D eigenvalue weighted by molar-refractivity contribution is 6.41. The van der Waals surface area contributed by atoms with Crippen LogP contribution in [0, 0.1) is 78.8 Å². The summed E-state index contributed by atoms with van der Waals surface area (Å²) < 4.78 is 0. The van der Waals surface area contributed by atoms with Crippen LogP contribution in [-0.4, -0.2) is 193 Å². The van der Waals surface area contributed by atoms with E-state index in [1.54, 1.807) is 9.80 Å². The Hall–Kier alpha value is -6.73. The van der Waals surface area contributed by atoms with E-state index in [1.165, 1.54) is 9.80 Å². The van der Waals surface area contributed by atoms with E-state index in [1.807, 2.05) is 125 Å². The highest BCUT2D eigenvalue weighted by Crippen LogP contribution is 2.66. The van der Waals surface area contributed by atoms with Crippen molar-refractivity contribution in [3.63, 3.8) is 0 Å². The van der Waals surface area contributed by atoms with Crippen molar-refractivity contribution in [3.05, 3.63) is 0 Å².